The SMILES string of the molecule is CC(C)C(NC(=O)c1ccc(Cl)cc1Cl)C(=O)NN=Cc1ccc(N2CCOCC2)o1. The third-order valence-corrected chi connectivity index (χ3v) is 5.26. The van der Waals surface area contributed by atoms with E-state index in [0.717, 1.165) is 19.0 Å². The zero-order chi connectivity index (χ0) is 22.4. The summed E-state index contributed by atoms with van der Waals surface area (Å²) in [4.78, 5) is 27.2. The lowest BCUT2D eigenvalue weighted by atomic mass is 10.0. The fourth-order valence-corrected chi connectivity index (χ4v) is 3.52. The lowest BCUT2D eigenvalue weighted by molar-refractivity contribution is -0.123. The average Bonchev–Trinajstić information content (AvgIpc) is 3.21. The van der Waals surface area contributed by atoms with E-state index in [1.807, 2.05) is 19.9 Å². The summed E-state index contributed by atoms with van der Waals surface area (Å²) >= 11 is 12.0. The number of hydrazone groups is 1. The molecular weight excluding hydrogens is 443 g/mol. The second kappa shape index (κ2) is 10.7. The third-order valence-electron chi connectivity index (χ3n) is 4.71. The van der Waals surface area contributed by atoms with E-state index in [4.69, 9.17) is 32.4 Å². The molecule has 1 fully saturated rings. The van der Waals surface area contributed by atoms with E-state index in [9.17, 15) is 9.59 Å². The number of carbonyl (C=O) groups is 2. The Morgan fingerprint density at radius 2 is 1.90 bits per heavy atom. The van der Waals surface area contributed by atoms with Gasteiger partial charge in [-0.3, -0.25) is 9.59 Å². The first-order chi connectivity index (χ1) is 14.8. The Labute approximate surface area is 190 Å². The van der Waals surface area contributed by atoms with Gasteiger partial charge in [-0.15, -0.1) is 0 Å². The maximum absolute atomic E-state index is 12.6. The van der Waals surface area contributed by atoms with Gasteiger partial charge in [0.25, 0.3) is 11.8 Å². The molecule has 1 aliphatic rings. The molecule has 0 radical (unpaired) electrons. The van der Waals surface area contributed by atoms with Crippen molar-refractivity contribution in [3.63, 3.8) is 0 Å². The van der Waals surface area contributed by atoms with Crippen LogP contribution in [0.4, 0.5) is 5.88 Å². The first-order valence-electron chi connectivity index (χ1n) is 9.86. The molecule has 1 saturated heterocycles. The molecule has 2 amide bonds. The van der Waals surface area contributed by atoms with Crippen molar-refractivity contribution in [1.82, 2.24) is 10.7 Å². The number of anilines is 1. The number of furan rings is 1. The zero-order valence-electron chi connectivity index (χ0n) is 17.2. The van der Waals surface area contributed by atoms with Gasteiger partial charge in [-0.25, -0.2) is 5.43 Å². The molecule has 31 heavy (non-hydrogen) atoms. The van der Waals surface area contributed by atoms with Crippen LogP contribution in [0.15, 0.2) is 39.9 Å². The molecule has 0 bridgehead atoms. The van der Waals surface area contributed by atoms with E-state index in [1.165, 1.54) is 18.3 Å². The van der Waals surface area contributed by atoms with E-state index in [1.54, 1.807) is 12.1 Å². The standard InChI is InChI=1S/C21H24Cl2N4O4/c1-13(2)19(25-20(28)16-5-3-14(22)11-17(16)23)21(29)26-24-12-15-4-6-18(31-15)27-7-9-30-10-8-27/h3-6,11-13,19H,7-10H2,1-2H3,(H,25,28)(H,26,29). The summed E-state index contributed by atoms with van der Waals surface area (Å²) < 4.78 is 11.1. The monoisotopic (exact) mass is 466 g/mol. The van der Waals surface area contributed by atoms with E-state index >= 15 is 0 Å². The lowest BCUT2D eigenvalue weighted by Gasteiger charge is -2.26. The molecule has 0 saturated carbocycles. The second-order valence-corrected chi connectivity index (χ2v) is 8.17. The van der Waals surface area contributed by atoms with Gasteiger partial charge < -0.3 is 19.4 Å². The van der Waals surface area contributed by atoms with Gasteiger partial charge in [-0.1, -0.05) is 37.0 Å². The Morgan fingerprint density at radius 1 is 1.16 bits per heavy atom. The predicted octanol–water partition coefficient (Wildman–Crippen LogP) is 3.33. The number of rotatable bonds is 7. The quantitative estimate of drug-likeness (QED) is 0.481. The molecule has 0 aliphatic carbocycles. The van der Waals surface area contributed by atoms with Gasteiger partial charge in [0.15, 0.2) is 5.88 Å². The number of morpholine rings is 1. The highest BCUT2D eigenvalue weighted by Gasteiger charge is 2.25. The van der Waals surface area contributed by atoms with Crippen molar-refractivity contribution >= 4 is 47.1 Å². The topological polar surface area (TPSA) is 96.2 Å². The van der Waals surface area contributed by atoms with Gasteiger partial charge in [0, 0.05) is 24.2 Å². The molecule has 10 heteroatoms. The molecule has 1 unspecified atom stereocenters. The van der Waals surface area contributed by atoms with Crippen molar-refractivity contribution in [2.24, 2.45) is 11.0 Å². The molecule has 2 heterocycles. The van der Waals surface area contributed by atoms with Crippen LogP contribution < -0.4 is 15.6 Å². The van der Waals surface area contributed by atoms with Crippen LogP contribution in [0.25, 0.3) is 0 Å². The number of hydrogen-bond acceptors (Lipinski definition) is 6. The highest BCUT2D eigenvalue weighted by molar-refractivity contribution is 6.36. The summed E-state index contributed by atoms with van der Waals surface area (Å²) in [5.41, 5.74) is 2.69. The van der Waals surface area contributed by atoms with Crippen molar-refractivity contribution in [3.8, 4) is 0 Å². The number of ether oxygens (including phenoxy) is 1. The largest absolute Gasteiger partial charge is 0.440 e. The highest BCUT2D eigenvalue weighted by atomic mass is 35.5. The van der Waals surface area contributed by atoms with Crippen LogP contribution in [-0.4, -0.2) is 50.4 Å². The molecule has 2 N–H and O–H groups in total. The van der Waals surface area contributed by atoms with Gasteiger partial charge in [0.2, 0.25) is 0 Å². The third kappa shape index (κ3) is 6.22. The van der Waals surface area contributed by atoms with Crippen molar-refractivity contribution in [2.45, 2.75) is 19.9 Å². The summed E-state index contributed by atoms with van der Waals surface area (Å²) in [7, 11) is 0. The Morgan fingerprint density at radius 3 is 2.58 bits per heavy atom. The Hall–Kier alpha value is -2.55. The van der Waals surface area contributed by atoms with Crippen molar-refractivity contribution in [3.05, 3.63) is 51.7 Å². The second-order valence-electron chi connectivity index (χ2n) is 7.33. The van der Waals surface area contributed by atoms with E-state index in [-0.39, 0.29) is 16.5 Å². The predicted molar refractivity (Wildman–Crippen MR) is 120 cm³/mol. The number of carbonyl (C=O) groups excluding carboxylic acids is 2. The molecule has 1 atom stereocenters. The summed E-state index contributed by atoms with van der Waals surface area (Å²) in [6.45, 7) is 6.47. The van der Waals surface area contributed by atoms with Crippen LogP contribution in [0.3, 0.4) is 0 Å². The van der Waals surface area contributed by atoms with E-state index in [2.05, 4.69) is 20.7 Å². The molecule has 8 nitrogen and oxygen atoms in total. The van der Waals surface area contributed by atoms with Crippen LogP contribution >= 0.6 is 23.2 Å². The van der Waals surface area contributed by atoms with E-state index in [0.29, 0.717) is 24.0 Å². The number of hydrogen-bond donors (Lipinski definition) is 2. The van der Waals surface area contributed by atoms with Crippen LogP contribution in [0.2, 0.25) is 10.0 Å². The van der Waals surface area contributed by atoms with Crippen molar-refractivity contribution in [1.29, 1.82) is 0 Å². The fourth-order valence-electron chi connectivity index (χ4n) is 3.02. The minimum absolute atomic E-state index is 0.179. The first-order valence-corrected chi connectivity index (χ1v) is 10.6. The van der Waals surface area contributed by atoms with Gasteiger partial charge in [0.1, 0.15) is 11.8 Å². The minimum Gasteiger partial charge on any atom is -0.440 e. The fraction of sp³-hybridized carbons (Fsp3) is 0.381. The Bertz CT molecular complexity index is 955. The summed E-state index contributed by atoms with van der Waals surface area (Å²) in [6.07, 6.45) is 1.41. The summed E-state index contributed by atoms with van der Waals surface area (Å²) in [6, 6.07) is 7.35. The van der Waals surface area contributed by atoms with Crippen LogP contribution in [0, 0.1) is 5.92 Å². The molecule has 1 aromatic carbocycles. The van der Waals surface area contributed by atoms with Gasteiger partial charge in [0.05, 0.1) is 30.0 Å². The molecule has 1 aromatic heterocycles. The first kappa shape index (κ1) is 23.1. The van der Waals surface area contributed by atoms with Crippen LogP contribution in [-0.2, 0) is 9.53 Å². The summed E-state index contributed by atoms with van der Waals surface area (Å²) in [5, 5.41) is 7.28. The number of benzene rings is 1. The Kier molecular flexibility index (Phi) is 7.95. The average molecular weight is 467 g/mol. The molecule has 3 rings (SSSR count). The Balaban J connectivity index is 1.59. The maximum atomic E-state index is 12.6. The molecule has 0 spiro atoms. The molecular formula is C21H24Cl2N4O4. The number of nitrogens with one attached hydrogen (secondary N) is 2. The molecule has 1 aliphatic heterocycles. The van der Waals surface area contributed by atoms with Crippen molar-refractivity contribution < 1.29 is 18.7 Å². The summed E-state index contributed by atoms with van der Waals surface area (Å²) in [5.74, 6) is 0.121. The number of nitrogens with zero attached hydrogens (tertiary/aromatic N) is 2. The smallest absolute Gasteiger partial charge is 0.262 e. The van der Waals surface area contributed by atoms with Crippen LogP contribution in [0.1, 0.15) is 30.0 Å². The molecule has 2 aromatic rings. The van der Waals surface area contributed by atoms with Gasteiger partial charge >= 0.3 is 0 Å². The normalized spacial score (nSPS) is 15.3. The minimum atomic E-state index is -0.808. The van der Waals surface area contributed by atoms with E-state index < -0.39 is 17.9 Å². The highest BCUT2D eigenvalue weighted by Crippen LogP contribution is 2.21. The van der Waals surface area contributed by atoms with Gasteiger partial charge in [-0.05, 0) is 30.2 Å². The zero-order valence-corrected chi connectivity index (χ0v) is 18.7. The van der Waals surface area contributed by atoms with Crippen molar-refractivity contribution in [2.75, 3.05) is 31.2 Å². The molecule has 166 valence electrons. The van der Waals surface area contributed by atoms with Crippen LogP contribution in [0.5, 0.6) is 0 Å². The lowest BCUT2D eigenvalue weighted by Crippen LogP contribution is -2.48. The maximum Gasteiger partial charge on any atom is 0.262 e. The number of halogens is 2. The number of amides is 2. The van der Waals surface area contributed by atoms with Gasteiger partial charge in [-0.2, -0.15) is 5.10 Å².